The summed E-state index contributed by atoms with van der Waals surface area (Å²) in [7, 11) is 0. The Hall–Kier alpha value is -1.24. The lowest BCUT2D eigenvalue weighted by atomic mass is 9.99. The number of halogens is 1. The first-order valence-electron chi connectivity index (χ1n) is 6.84. The van der Waals surface area contributed by atoms with Crippen LogP contribution in [0.2, 0.25) is 0 Å². The second-order valence-corrected chi connectivity index (χ2v) is 7.30. The smallest absolute Gasteiger partial charge is 0.257 e. The van der Waals surface area contributed by atoms with Gasteiger partial charge in [-0.05, 0) is 43.9 Å². The van der Waals surface area contributed by atoms with E-state index in [1.54, 1.807) is 0 Å². The third-order valence-electron chi connectivity index (χ3n) is 3.64. The van der Waals surface area contributed by atoms with Gasteiger partial charge in [-0.25, -0.2) is 4.98 Å². The van der Waals surface area contributed by atoms with E-state index in [0.29, 0.717) is 10.7 Å². The Morgan fingerprint density at radius 2 is 2.33 bits per heavy atom. The predicted octanol–water partition coefficient (Wildman–Crippen LogP) is 3.28. The molecule has 0 aliphatic heterocycles. The van der Waals surface area contributed by atoms with Crippen LogP contribution in [0.25, 0.3) is 0 Å². The van der Waals surface area contributed by atoms with Crippen LogP contribution in [0.5, 0.6) is 0 Å². The van der Waals surface area contributed by atoms with Crippen LogP contribution < -0.4 is 11.1 Å². The third kappa shape index (κ3) is 3.17. The number of fused-ring (bicyclic) bond motifs is 1. The zero-order valence-electron chi connectivity index (χ0n) is 11.6. The fraction of sp³-hybridized carbons (Fsp3) is 0.333. The van der Waals surface area contributed by atoms with Gasteiger partial charge in [0.05, 0.1) is 5.69 Å². The lowest BCUT2D eigenvalue weighted by molar-refractivity contribution is 0.102. The molecule has 0 saturated carbocycles. The summed E-state index contributed by atoms with van der Waals surface area (Å²) >= 11 is 4.93. The van der Waals surface area contributed by atoms with Crippen LogP contribution in [0.1, 0.15) is 32.9 Å². The number of rotatable bonds is 2. The molecule has 1 aromatic heterocycles. The van der Waals surface area contributed by atoms with E-state index < -0.39 is 0 Å². The zero-order chi connectivity index (χ0) is 15.0. The molecule has 110 valence electrons. The minimum absolute atomic E-state index is 0.121. The normalized spacial score (nSPS) is 17.4. The average molecular weight is 366 g/mol. The number of carbonyl (C=O) groups is 1. The van der Waals surface area contributed by atoms with Gasteiger partial charge in [0.15, 0.2) is 5.13 Å². The number of nitrogens with two attached hydrogens (primary N) is 1. The first-order valence-corrected chi connectivity index (χ1v) is 8.45. The van der Waals surface area contributed by atoms with E-state index in [4.69, 9.17) is 5.73 Å². The van der Waals surface area contributed by atoms with Crippen molar-refractivity contribution in [2.24, 2.45) is 5.73 Å². The molecule has 1 aliphatic carbocycles. The summed E-state index contributed by atoms with van der Waals surface area (Å²) < 4.78 is 0.891. The quantitative estimate of drug-likeness (QED) is 0.857. The summed E-state index contributed by atoms with van der Waals surface area (Å²) in [4.78, 5) is 18.1. The van der Waals surface area contributed by atoms with Crippen molar-refractivity contribution in [1.82, 2.24) is 4.98 Å². The van der Waals surface area contributed by atoms with Crippen molar-refractivity contribution < 1.29 is 4.79 Å². The van der Waals surface area contributed by atoms with Gasteiger partial charge in [-0.2, -0.15) is 0 Å². The highest BCUT2D eigenvalue weighted by Crippen LogP contribution is 2.29. The van der Waals surface area contributed by atoms with Crippen molar-refractivity contribution in [1.29, 1.82) is 0 Å². The molecule has 0 unspecified atom stereocenters. The van der Waals surface area contributed by atoms with Crippen molar-refractivity contribution >= 4 is 38.3 Å². The van der Waals surface area contributed by atoms with Gasteiger partial charge in [0, 0.05) is 21.0 Å². The van der Waals surface area contributed by atoms with Crippen molar-refractivity contribution in [2.45, 2.75) is 32.2 Å². The van der Waals surface area contributed by atoms with Crippen molar-refractivity contribution in [2.75, 3.05) is 5.32 Å². The molecular formula is C15H16BrN3OS. The van der Waals surface area contributed by atoms with Gasteiger partial charge >= 0.3 is 0 Å². The van der Waals surface area contributed by atoms with Crippen molar-refractivity contribution in [3.63, 3.8) is 0 Å². The Morgan fingerprint density at radius 1 is 1.52 bits per heavy atom. The molecular weight excluding hydrogens is 350 g/mol. The highest BCUT2D eigenvalue weighted by Gasteiger charge is 2.21. The van der Waals surface area contributed by atoms with Crippen molar-refractivity contribution in [3.05, 3.63) is 44.4 Å². The molecule has 1 aliphatic rings. The number of amides is 1. The molecule has 0 fully saturated rings. The molecule has 1 amide bonds. The summed E-state index contributed by atoms with van der Waals surface area (Å²) in [6.07, 6.45) is 2.73. The molecule has 4 nitrogen and oxygen atoms in total. The SMILES string of the molecule is Cc1ccc(Br)cc1C(=O)Nc1nc2c(s1)C[C@@H](N)CC2. The maximum atomic E-state index is 12.4. The summed E-state index contributed by atoms with van der Waals surface area (Å²) in [5.41, 5.74) is 8.66. The van der Waals surface area contributed by atoms with Gasteiger partial charge in [-0.3, -0.25) is 10.1 Å². The number of nitrogens with zero attached hydrogens (tertiary/aromatic N) is 1. The lowest BCUT2D eigenvalue weighted by Gasteiger charge is -2.15. The Labute approximate surface area is 135 Å². The number of nitrogens with one attached hydrogen (secondary N) is 1. The second-order valence-electron chi connectivity index (χ2n) is 5.31. The molecule has 3 rings (SSSR count). The molecule has 1 atom stereocenters. The first kappa shape index (κ1) is 14.7. The van der Waals surface area contributed by atoms with Crippen LogP contribution in [0.3, 0.4) is 0 Å². The molecule has 0 saturated heterocycles. The molecule has 6 heteroatoms. The highest BCUT2D eigenvalue weighted by molar-refractivity contribution is 9.10. The number of carbonyl (C=O) groups excluding carboxylic acids is 1. The molecule has 21 heavy (non-hydrogen) atoms. The molecule has 3 N–H and O–H groups in total. The standard InChI is InChI=1S/C15H16BrN3OS/c1-8-2-3-9(16)6-11(8)14(20)19-15-18-12-5-4-10(17)7-13(12)21-15/h2-3,6,10H,4-5,7,17H2,1H3,(H,18,19,20)/t10-/m0/s1. The van der Waals surface area contributed by atoms with Crippen LogP contribution >= 0.6 is 27.3 Å². The lowest BCUT2D eigenvalue weighted by Crippen LogP contribution is -2.27. The minimum atomic E-state index is -0.121. The van der Waals surface area contributed by atoms with Gasteiger partial charge in [0.25, 0.3) is 5.91 Å². The summed E-state index contributed by atoms with van der Waals surface area (Å²) in [5, 5.41) is 3.57. The first-order chi connectivity index (χ1) is 10.0. The third-order valence-corrected chi connectivity index (χ3v) is 5.17. The van der Waals surface area contributed by atoms with Crippen LogP contribution in [0, 0.1) is 6.92 Å². The van der Waals surface area contributed by atoms with E-state index in [9.17, 15) is 4.79 Å². The molecule has 2 aromatic rings. The minimum Gasteiger partial charge on any atom is -0.327 e. The Balaban J connectivity index is 1.80. The average Bonchev–Trinajstić information content (AvgIpc) is 2.82. The van der Waals surface area contributed by atoms with Crippen LogP contribution in [0.15, 0.2) is 22.7 Å². The van der Waals surface area contributed by atoms with Gasteiger partial charge in [-0.15, -0.1) is 11.3 Å². The number of hydrogen-bond acceptors (Lipinski definition) is 4. The zero-order valence-corrected chi connectivity index (χ0v) is 14.1. The van der Waals surface area contributed by atoms with Gasteiger partial charge < -0.3 is 5.73 Å². The van der Waals surface area contributed by atoms with E-state index in [1.807, 2.05) is 25.1 Å². The second kappa shape index (κ2) is 5.87. The number of hydrogen-bond donors (Lipinski definition) is 2. The maximum Gasteiger partial charge on any atom is 0.257 e. The Kier molecular flexibility index (Phi) is 4.10. The Bertz CT molecular complexity index is 698. The fourth-order valence-corrected chi connectivity index (χ4v) is 3.91. The van der Waals surface area contributed by atoms with Gasteiger partial charge in [0.2, 0.25) is 0 Å². The number of benzene rings is 1. The van der Waals surface area contributed by atoms with Crippen LogP contribution in [-0.4, -0.2) is 16.9 Å². The van der Waals surface area contributed by atoms with Crippen molar-refractivity contribution in [3.8, 4) is 0 Å². The monoisotopic (exact) mass is 365 g/mol. The number of anilines is 1. The number of aryl methyl sites for hydroxylation is 2. The van der Waals surface area contributed by atoms with E-state index >= 15 is 0 Å². The molecule has 1 aromatic carbocycles. The largest absolute Gasteiger partial charge is 0.327 e. The van der Waals surface area contributed by atoms with E-state index in [0.717, 1.165) is 35.0 Å². The Morgan fingerprint density at radius 3 is 3.14 bits per heavy atom. The van der Waals surface area contributed by atoms with E-state index in [2.05, 4.69) is 26.2 Å². The predicted molar refractivity (Wildman–Crippen MR) is 88.9 cm³/mol. The van der Waals surface area contributed by atoms with Gasteiger partial charge in [0.1, 0.15) is 0 Å². The molecule has 0 bridgehead atoms. The number of aromatic nitrogens is 1. The van der Waals surface area contributed by atoms with Crippen LogP contribution in [-0.2, 0) is 12.8 Å². The van der Waals surface area contributed by atoms with Crippen LogP contribution in [0.4, 0.5) is 5.13 Å². The summed E-state index contributed by atoms with van der Waals surface area (Å²) in [5.74, 6) is -0.121. The summed E-state index contributed by atoms with van der Waals surface area (Å²) in [6, 6.07) is 5.89. The summed E-state index contributed by atoms with van der Waals surface area (Å²) in [6.45, 7) is 1.92. The van der Waals surface area contributed by atoms with E-state index in [-0.39, 0.29) is 11.9 Å². The number of thiazole rings is 1. The molecule has 0 radical (unpaired) electrons. The molecule has 1 heterocycles. The van der Waals surface area contributed by atoms with E-state index in [1.165, 1.54) is 16.2 Å². The highest BCUT2D eigenvalue weighted by atomic mass is 79.9. The van der Waals surface area contributed by atoms with Gasteiger partial charge in [-0.1, -0.05) is 22.0 Å². The molecule has 0 spiro atoms. The topological polar surface area (TPSA) is 68.0 Å². The maximum absolute atomic E-state index is 12.4. The fourth-order valence-electron chi connectivity index (χ4n) is 2.46.